The number of piperazine rings is 1. The van der Waals surface area contributed by atoms with Gasteiger partial charge in [-0.1, -0.05) is 12.1 Å². The third-order valence-electron chi connectivity index (χ3n) is 4.74. The molecule has 0 aromatic heterocycles. The monoisotopic (exact) mass is 365 g/mol. The zero-order valence-corrected chi connectivity index (χ0v) is 14.0. The fourth-order valence-electron chi connectivity index (χ4n) is 3.28. The highest BCUT2D eigenvalue weighted by Gasteiger charge is 2.44. The summed E-state index contributed by atoms with van der Waals surface area (Å²) < 4.78 is 18.8. The van der Waals surface area contributed by atoms with Crippen LogP contribution >= 0.6 is 0 Å². The Hall–Kier alpha value is -2.68. The van der Waals surface area contributed by atoms with Crippen LogP contribution in [0.4, 0.5) is 9.18 Å². The highest BCUT2D eigenvalue weighted by atomic mass is 19.1. The van der Waals surface area contributed by atoms with E-state index in [0.717, 1.165) is 0 Å². The van der Waals surface area contributed by atoms with E-state index in [1.807, 2.05) is 0 Å². The molecule has 2 fully saturated rings. The average molecular weight is 365 g/mol. The molecular formula is C17H20FN3O5. The zero-order valence-electron chi connectivity index (χ0n) is 14.0. The minimum atomic E-state index is -1.43. The highest BCUT2D eigenvalue weighted by molar-refractivity contribution is 5.91. The van der Waals surface area contributed by atoms with Gasteiger partial charge in [0.2, 0.25) is 5.91 Å². The van der Waals surface area contributed by atoms with Crippen LogP contribution in [0.5, 0.6) is 0 Å². The van der Waals surface area contributed by atoms with Gasteiger partial charge in [-0.2, -0.15) is 0 Å². The van der Waals surface area contributed by atoms with Crippen molar-refractivity contribution < 1.29 is 28.6 Å². The Balaban J connectivity index is 1.86. The van der Waals surface area contributed by atoms with E-state index in [1.54, 1.807) is 6.07 Å². The number of urea groups is 1. The van der Waals surface area contributed by atoms with Crippen molar-refractivity contribution in [1.29, 1.82) is 0 Å². The van der Waals surface area contributed by atoms with Crippen molar-refractivity contribution in [1.82, 2.24) is 15.5 Å². The van der Waals surface area contributed by atoms with Gasteiger partial charge in [0.1, 0.15) is 17.4 Å². The molecule has 0 aliphatic carbocycles. The summed E-state index contributed by atoms with van der Waals surface area (Å²) in [4.78, 5) is 38.1. The molecule has 2 saturated heterocycles. The fourth-order valence-corrected chi connectivity index (χ4v) is 3.28. The average Bonchev–Trinajstić information content (AvgIpc) is 2.62. The van der Waals surface area contributed by atoms with Gasteiger partial charge in [0.15, 0.2) is 0 Å². The number of nitrogens with one attached hydrogen (secondary N) is 2. The second kappa shape index (κ2) is 7.28. The maximum absolute atomic E-state index is 13.6. The molecule has 9 heteroatoms. The Labute approximate surface area is 149 Å². The molecule has 0 radical (unpaired) electrons. The first-order chi connectivity index (χ1) is 12.4. The van der Waals surface area contributed by atoms with Crippen molar-refractivity contribution in [2.75, 3.05) is 26.3 Å². The maximum Gasteiger partial charge on any atom is 0.329 e. The van der Waals surface area contributed by atoms with Gasteiger partial charge in [0.25, 0.3) is 0 Å². The van der Waals surface area contributed by atoms with E-state index in [-0.39, 0.29) is 39.1 Å². The van der Waals surface area contributed by atoms with Crippen molar-refractivity contribution in [3.05, 3.63) is 35.6 Å². The number of carbonyl (C=O) groups excluding carboxylic acids is 2. The number of ether oxygens (including phenoxy) is 1. The van der Waals surface area contributed by atoms with Crippen LogP contribution in [0.25, 0.3) is 0 Å². The molecular weight excluding hydrogens is 345 g/mol. The molecule has 8 nitrogen and oxygen atoms in total. The van der Waals surface area contributed by atoms with E-state index in [2.05, 4.69) is 10.6 Å². The minimum absolute atomic E-state index is 0.138. The number of hydrogen-bond acceptors (Lipinski definition) is 4. The van der Waals surface area contributed by atoms with Gasteiger partial charge >= 0.3 is 12.0 Å². The van der Waals surface area contributed by atoms with Crippen LogP contribution in [0.2, 0.25) is 0 Å². The Morgan fingerprint density at radius 1 is 1.35 bits per heavy atom. The second-order valence-electron chi connectivity index (χ2n) is 6.37. The first-order valence-corrected chi connectivity index (χ1v) is 8.36. The molecule has 0 unspecified atom stereocenters. The normalized spacial score (nSPS) is 22.4. The molecule has 2 aliphatic rings. The van der Waals surface area contributed by atoms with Crippen molar-refractivity contribution in [2.24, 2.45) is 0 Å². The van der Waals surface area contributed by atoms with Gasteiger partial charge in [0, 0.05) is 39.1 Å². The maximum atomic E-state index is 13.6. The lowest BCUT2D eigenvalue weighted by molar-refractivity contribution is -0.148. The van der Waals surface area contributed by atoms with E-state index < -0.39 is 35.3 Å². The van der Waals surface area contributed by atoms with Gasteiger partial charge in [-0.3, -0.25) is 4.79 Å². The van der Waals surface area contributed by atoms with Crippen LogP contribution in [0.3, 0.4) is 0 Å². The molecule has 1 aromatic carbocycles. The number of carbonyl (C=O) groups is 3. The number of amides is 3. The van der Waals surface area contributed by atoms with Gasteiger partial charge < -0.3 is 25.4 Å². The van der Waals surface area contributed by atoms with Crippen molar-refractivity contribution in [3.63, 3.8) is 0 Å². The number of carboxylic acid groups (broad SMARTS) is 1. The fraction of sp³-hybridized carbons (Fsp3) is 0.471. The summed E-state index contributed by atoms with van der Waals surface area (Å²) in [6.07, 6.45) is 0.275. The SMILES string of the molecule is O=C1NCCN(C(=O)NC2(C(=O)O)CCOCC2)[C@@H]1c1cccc(F)c1. The van der Waals surface area contributed by atoms with Crippen LogP contribution in [0, 0.1) is 5.82 Å². The van der Waals surface area contributed by atoms with E-state index in [1.165, 1.54) is 23.1 Å². The number of halogens is 1. The summed E-state index contributed by atoms with van der Waals surface area (Å²) >= 11 is 0. The lowest BCUT2D eigenvalue weighted by Crippen LogP contribution is -2.63. The summed E-state index contributed by atoms with van der Waals surface area (Å²) in [7, 11) is 0. The lowest BCUT2D eigenvalue weighted by atomic mass is 9.90. The van der Waals surface area contributed by atoms with Gasteiger partial charge in [-0.15, -0.1) is 0 Å². The second-order valence-corrected chi connectivity index (χ2v) is 6.37. The largest absolute Gasteiger partial charge is 0.480 e. The van der Waals surface area contributed by atoms with Crippen molar-refractivity contribution >= 4 is 17.9 Å². The molecule has 2 aliphatic heterocycles. The van der Waals surface area contributed by atoms with Crippen LogP contribution in [0.15, 0.2) is 24.3 Å². The van der Waals surface area contributed by atoms with Crippen LogP contribution < -0.4 is 10.6 Å². The summed E-state index contributed by atoms with van der Waals surface area (Å²) in [5.74, 6) is -2.10. The predicted molar refractivity (Wildman–Crippen MR) is 87.8 cm³/mol. The topological polar surface area (TPSA) is 108 Å². The molecule has 3 N–H and O–H groups in total. The van der Waals surface area contributed by atoms with Gasteiger partial charge in [-0.05, 0) is 17.7 Å². The van der Waals surface area contributed by atoms with Crippen LogP contribution in [-0.2, 0) is 14.3 Å². The van der Waals surface area contributed by atoms with Crippen molar-refractivity contribution in [2.45, 2.75) is 24.4 Å². The first kappa shape index (κ1) is 18.1. The Bertz CT molecular complexity index is 720. The van der Waals surface area contributed by atoms with E-state index in [9.17, 15) is 23.9 Å². The molecule has 26 heavy (non-hydrogen) atoms. The third-order valence-corrected chi connectivity index (χ3v) is 4.74. The summed E-state index contributed by atoms with van der Waals surface area (Å²) in [5, 5.41) is 14.8. The molecule has 0 spiro atoms. The van der Waals surface area contributed by atoms with E-state index >= 15 is 0 Å². The number of aliphatic carboxylic acids is 1. The molecule has 3 amide bonds. The van der Waals surface area contributed by atoms with Gasteiger partial charge in [-0.25, -0.2) is 14.0 Å². The molecule has 0 bridgehead atoms. The highest BCUT2D eigenvalue weighted by Crippen LogP contribution is 2.26. The Morgan fingerprint density at radius 3 is 2.73 bits per heavy atom. The molecule has 1 atom stereocenters. The molecule has 140 valence electrons. The quantitative estimate of drug-likeness (QED) is 0.729. The summed E-state index contributed by atoms with van der Waals surface area (Å²) in [6, 6.07) is 3.76. The van der Waals surface area contributed by atoms with Crippen molar-refractivity contribution in [3.8, 4) is 0 Å². The first-order valence-electron chi connectivity index (χ1n) is 8.36. The van der Waals surface area contributed by atoms with Gasteiger partial charge in [0.05, 0.1) is 0 Å². The summed E-state index contributed by atoms with van der Waals surface area (Å²) in [6.45, 7) is 0.868. The molecule has 3 rings (SSSR count). The number of rotatable bonds is 3. The predicted octanol–water partition coefficient (Wildman–Crippen LogP) is 0.642. The molecule has 0 saturated carbocycles. The molecule has 1 aromatic rings. The summed E-state index contributed by atoms with van der Waals surface area (Å²) in [5.41, 5.74) is -1.11. The Kier molecular flexibility index (Phi) is 5.08. The number of benzene rings is 1. The van der Waals surface area contributed by atoms with E-state index in [4.69, 9.17) is 4.74 Å². The number of nitrogens with zero attached hydrogens (tertiary/aromatic N) is 1. The molecule has 2 heterocycles. The van der Waals surface area contributed by atoms with Crippen LogP contribution in [-0.4, -0.2) is 59.8 Å². The van der Waals surface area contributed by atoms with E-state index in [0.29, 0.717) is 5.56 Å². The zero-order chi connectivity index (χ0) is 18.7. The van der Waals surface area contributed by atoms with Crippen LogP contribution in [0.1, 0.15) is 24.4 Å². The number of carboxylic acids is 1. The lowest BCUT2D eigenvalue weighted by Gasteiger charge is -2.39. The standard InChI is InChI=1S/C17H20FN3O5/c18-12-3-1-2-11(10-12)13-14(22)19-6-7-21(13)16(25)20-17(15(23)24)4-8-26-9-5-17/h1-3,10,13H,4-9H2,(H,19,22)(H,20,25)(H,23,24)/t13-/m1/s1. The smallest absolute Gasteiger partial charge is 0.329 e. The Morgan fingerprint density at radius 2 is 2.08 bits per heavy atom. The third kappa shape index (κ3) is 3.48. The minimum Gasteiger partial charge on any atom is -0.480 e. The number of hydrogen-bond donors (Lipinski definition) is 3.